The van der Waals surface area contributed by atoms with Gasteiger partial charge in [0.1, 0.15) is 0 Å². The van der Waals surface area contributed by atoms with Gasteiger partial charge in [-0.25, -0.2) is 13.6 Å². The molecular weight excluding hydrogens is 318 g/mol. The Balaban J connectivity index is 2.12. The van der Waals surface area contributed by atoms with Crippen molar-refractivity contribution < 1.29 is 23.5 Å². The molecule has 2 amide bonds. The molecule has 0 saturated carbocycles. The molecule has 0 aliphatic carbocycles. The second-order valence-electron chi connectivity index (χ2n) is 6.03. The molecule has 2 unspecified atom stereocenters. The van der Waals surface area contributed by atoms with Crippen LogP contribution in [-0.4, -0.2) is 35.1 Å². The van der Waals surface area contributed by atoms with Gasteiger partial charge in [0, 0.05) is 13.1 Å². The van der Waals surface area contributed by atoms with Gasteiger partial charge in [-0.05, 0) is 37.5 Å². The van der Waals surface area contributed by atoms with E-state index in [0.717, 1.165) is 12.1 Å². The number of amides is 2. The van der Waals surface area contributed by atoms with Crippen molar-refractivity contribution in [2.75, 3.05) is 13.1 Å². The van der Waals surface area contributed by atoms with Crippen LogP contribution >= 0.6 is 0 Å². The minimum atomic E-state index is -1.00. The fourth-order valence-electron chi connectivity index (χ4n) is 2.76. The number of carbonyl (C=O) groups excluding carboxylic acids is 1. The van der Waals surface area contributed by atoms with Crippen LogP contribution in [0.1, 0.15) is 31.4 Å². The molecule has 24 heavy (non-hydrogen) atoms. The van der Waals surface area contributed by atoms with Crippen LogP contribution in [0.3, 0.4) is 0 Å². The van der Waals surface area contributed by atoms with E-state index in [1.807, 2.05) is 0 Å². The molecule has 5 nitrogen and oxygen atoms in total. The van der Waals surface area contributed by atoms with E-state index in [1.54, 1.807) is 6.92 Å². The van der Waals surface area contributed by atoms with Crippen LogP contribution in [0.2, 0.25) is 0 Å². The van der Waals surface area contributed by atoms with Gasteiger partial charge in [0.2, 0.25) is 0 Å². The number of carboxylic acid groups (broad SMARTS) is 1. The van der Waals surface area contributed by atoms with E-state index < -0.39 is 35.6 Å². The molecule has 1 fully saturated rings. The highest BCUT2D eigenvalue weighted by Crippen LogP contribution is 2.23. The molecular formula is C17H20F2N2O3. The van der Waals surface area contributed by atoms with E-state index in [4.69, 9.17) is 5.11 Å². The van der Waals surface area contributed by atoms with Crippen LogP contribution in [0.4, 0.5) is 13.6 Å². The summed E-state index contributed by atoms with van der Waals surface area (Å²) in [6.07, 6.45) is 1.14. The van der Waals surface area contributed by atoms with Crippen LogP contribution in [0, 0.1) is 17.6 Å². The predicted octanol–water partition coefficient (Wildman–Crippen LogP) is 3.09. The number of carboxylic acids is 1. The third kappa shape index (κ3) is 4.10. The van der Waals surface area contributed by atoms with Gasteiger partial charge in [-0.3, -0.25) is 4.79 Å². The van der Waals surface area contributed by atoms with Gasteiger partial charge < -0.3 is 15.3 Å². The summed E-state index contributed by atoms with van der Waals surface area (Å²) in [5.74, 6) is -3.48. The Morgan fingerprint density at radius 3 is 2.67 bits per heavy atom. The molecule has 1 aliphatic heterocycles. The maximum Gasteiger partial charge on any atom is 0.318 e. The van der Waals surface area contributed by atoms with Crippen LogP contribution in [-0.2, 0) is 4.79 Å². The molecule has 1 aromatic rings. The second kappa shape index (κ2) is 7.42. The molecule has 0 radical (unpaired) electrons. The number of nitrogens with zero attached hydrogens (tertiary/aromatic N) is 1. The fraction of sp³-hybridized carbons (Fsp3) is 0.412. The number of piperidine rings is 1. The zero-order valence-electron chi connectivity index (χ0n) is 13.4. The average Bonchev–Trinajstić information content (AvgIpc) is 2.55. The van der Waals surface area contributed by atoms with Gasteiger partial charge in [0.05, 0.1) is 12.0 Å². The van der Waals surface area contributed by atoms with E-state index in [9.17, 15) is 18.4 Å². The number of rotatable bonds is 4. The molecule has 0 spiro atoms. The topological polar surface area (TPSA) is 69.6 Å². The lowest BCUT2D eigenvalue weighted by Gasteiger charge is -2.32. The smallest absolute Gasteiger partial charge is 0.318 e. The standard InChI is InChI=1S/C17H20F2N2O3/c1-10(2)15(11-5-6-13(18)14(19)8-11)20-17(24)21-7-3-4-12(9-21)16(22)23/h5-6,8,12,15H,1,3-4,7,9H2,2H3,(H,20,24)(H,22,23). The van der Waals surface area contributed by atoms with Crippen molar-refractivity contribution >= 4 is 12.0 Å². The first-order valence-electron chi connectivity index (χ1n) is 7.68. The Bertz CT molecular complexity index is 663. The summed E-state index contributed by atoms with van der Waals surface area (Å²) in [6, 6.07) is 2.27. The summed E-state index contributed by atoms with van der Waals surface area (Å²) in [5, 5.41) is 11.8. The average molecular weight is 338 g/mol. The lowest BCUT2D eigenvalue weighted by Crippen LogP contribution is -2.48. The second-order valence-corrected chi connectivity index (χ2v) is 6.03. The monoisotopic (exact) mass is 338 g/mol. The number of hydrogen-bond acceptors (Lipinski definition) is 2. The molecule has 0 bridgehead atoms. The molecule has 2 N–H and O–H groups in total. The zero-order chi connectivity index (χ0) is 17.9. The van der Waals surface area contributed by atoms with E-state index in [2.05, 4.69) is 11.9 Å². The first kappa shape index (κ1) is 17.9. The van der Waals surface area contributed by atoms with Gasteiger partial charge in [-0.15, -0.1) is 0 Å². The van der Waals surface area contributed by atoms with E-state index in [0.29, 0.717) is 30.5 Å². The number of aliphatic carboxylic acids is 1. The van der Waals surface area contributed by atoms with Crippen LogP contribution in [0.5, 0.6) is 0 Å². The summed E-state index contributed by atoms with van der Waals surface area (Å²) in [7, 11) is 0. The van der Waals surface area contributed by atoms with Crippen molar-refractivity contribution in [1.29, 1.82) is 0 Å². The highest BCUT2D eigenvalue weighted by molar-refractivity contribution is 5.77. The summed E-state index contributed by atoms with van der Waals surface area (Å²) < 4.78 is 26.5. The Kier molecular flexibility index (Phi) is 5.54. The number of carbonyl (C=O) groups is 2. The number of hydrogen-bond donors (Lipinski definition) is 2. The first-order valence-corrected chi connectivity index (χ1v) is 7.68. The molecule has 1 saturated heterocycles. The normalized spacial score (nSPS) is 18.8. The van der Waals surface area contributed by atoms with Crippen molar-refractivity contribution in [2.45, 2.75) is 25.8 Å². The van der Waals surface area contributed by atoms with Crippen LogP contribution < -0.4 is 5.32 Å². The zero-order valence-corrected chi connectivity index (χ0v) is 13.4. The predicted molar refractivity (Wildman–Crippen MR) is 84.4 cm³/mol. The number of halogens is 2. The molecule has 2 atom stereocenters. The molecule has 2 rings (SSSR count). The highest BCUT2D eigenvalue weighted by Gasteiger charge is 2.29. The molecule has 0 aromatic heterocycles. The number of urea groups is 1. The van der Waals surface area contributed by atoms with Crippen molar-refractivity contribution in [3.8, 4) is 0 Å². The highest BCUT2D eigenvalue weighted by atomic mass is 19.2. The number of nitrogens with one attached hydrogen (secondary N) is 1. The molecule has 130 valence electrons. The maximum absolute atomic E-state index is 13.4. The Morgan fingerprint density at radius 1 is 1.38 bits per heavy atom. The first-order chi connectivity index (χ1) is 11.3. The number of benzene rings is 1. The summed E-state index contributed by atoms with van der Waals surface area (Å²) in [4.78, 5) is 24.9. The SMILES string of the molecule is C=C(C)C(NC(=O)N1CCCC(C(=O)O)C1)c1ccc(F)c(F)c1. The largest absolute Gasteiger partial charge is 0.481 e. The van der Waals surface area contributed by atoms with E-state index in [-0.39, 0.29) is 6.54 Å². The quantitative estimate of drug-likeness (QED) is 0.829. The van der Waals surface area contributed by atoms with Crippen molar-refractivity contribution in [3.05, 3.63) is 47.5 Å². The van der Waals surface area contributed by atoms with E-state index in [1.165, 1.54) is 11.0 Å². The fourth-order valence-corrected chi connectivity index (χ4v) is 2.76. The Morgan fingerprint density at radius 2 is 2.08 bits per heavy atom. The van der Waals surface area contributed by atoms with Gasteiger partial charge in [-0.1, -0.05) is 18.2 Å². The van der Waals surface area contributed by atoms with Crippen LogP contribution in [0.15, 0.2) is 30.4 Å². The maximum atomic E-state index is 13.4. The van der Waals surface area contributed by atoms with Crippen molar-refractivity contribution in [3.63, 3.8) is 0 Å². The summed E-state index contributed by atoms with van der Waals surface area (Å²) in [5.41, 5.74) is 0.933. The summed E-state index contributed by atoms with van der Waals surface area (Å²) >= 11 is 0. The third-order valence-electron chi connectivity index (χ3n) is 4.10. The summed E-state index contributed by atoms with van der Waals surface area (Å²) in [6.45, 7) is 6.03. The third-order valence-corrected chi connectivity index (χ3v) is 4.10. The Hall–Kier alpha value is -2.44. The van der Waals surface area contributed by atoms with Gasteiger partial charge in [0.25, 0.3) is 0 Å². The lowest BCUT2D eigenvalue weighted by atomic mass is 9.98. The molecule has 1 aromatic carbocycles. The minimum Gasteiger partial charge on any atom is -0.481 e. The lowest BCUT2D eigenvalue weighted by molar-refractivity contribution is -0.143. The molecule has 7 heteroatoms. The van der Waals surface area contributed by atoms with Gasteiger partial charge in [0.15, 0.2) is 11.6 Å². The molecule has 1 aliphatic rings. The van der Waals surface area contributed by atoms with Gasteiger partial charge >= 0.3 is 12.0 Å². The Labute approximate surface area is 139 Å². The van der Waals surface area contributed by atoms with Crippen LogP contribution in [0.25, 0.3) is 0 Å². The van der Waals surface area contributed by atoms with Crippen molar-refractivity contribution in [1.82, 2.24) is 10.2 Å². The number of likely N-dealkylation sites (tertiary alicyclic amines) is 1. The van der Waals surface area contributed by atoms with Gasteiger partial charge in [-0.2, -0.15) is 0 Å². The van der Waals surface area contributed by atoms with Crippen molar-refractivity contribution in [2.24, 2.45) is 5.92 Å². The molecule has 1 heterocycles. The minimum absolute atomic E-state index is 0.127. The van der Waals surface area contributed by atoms with E-state index >= 15 is 0 Å².